The molecule has 0 aliphatic carbocycles. The maximum Gasteiger partial charge on any atom is 0.338 e. The average molecular weight is 263 g/mol. The number of anilines is 1. The van der Waals surface area contributed by atoms with E-state index in [1.807, 2.05) is 0 Å². The zero-order valence-corrected chi connectivity index (χ0v) is 10.8. The lowest BCUT2D eigenvalue weighted by Crippen LogP contribution is -2.35. The minimum Gasteiger partial charge on any atom is -0.465 e. The molecule has 1 heterocycles. The smallest absolute Gasteiger partial charge is 0.338 e. The van der Waals surface area contributed by atoms with Gasteiger partial charge in [0.05, 0.1) is 18.8 Å². The highest BCUT2D eigenvalue weighted by molar-refractivity contribution is 5.99. The summed E-state index contributed by atoms with van der Waals surface area (Å²) < 4.78 is 4.63. The van der Waals surface area contributed by atoms with Crippen molar-refractivity contribution in [3.05, 3.63) is 29.3 Å². The molecule has 0 bridgehead atoms. The lowest BCUT2D eigenvalue weighted by molar-refractivity contribution is 0.0598. The van der Waals surface area contributed by atoms with Crippen molar-refractivity contribution in [1.29, 1.82) is 0 Å². The van der Waals surface area contributed by atoms with Crippen LogP contribution in [0.3, 0.4) is 0 Å². The third-order valence-electron chi connectivity index (χ3n) is 3.40. The molecule has 1 aromatic rings. The zero-order valence-electron chi connectivity index (χ0n) is 10.8. The van der Waals surface area contributed by atoms with E-state index in [0.717, 1.165) is 31.6 Å². The monoisotopic (exact) mass is 263 g/mol. The molecule has 1 aromatic carbocycles. The topological polar surface area (TPSA) is 66.8 Å². The Bertz CT molecular complexity index is 478. The van der Waals surface area contributed by atoms with Gasteiger partial charge in [0.25, 0.3) is 0 Å². The number of rotatable bonds is 3. The van der Waals surface area contributed by atoms with Crippen LogP contribution in [0.1, 0.15) is 33.6 Å². The number of methoxy groups -OCH3 is 1. The number of carbonyl (C=O) groups is 2. The number of aliphatic hydroxyl groups is 1. The van der Waals surface area contributed by atoms with Crippen molar-refractivity contribution in [2.45, 2.75) is 18.9 Å². The summed E-state index contributed by atoms with van der Waals surface area (Å²) in [6.07, 6.45) is 1.86. The number of nitrogens with zero attached hydrogens (tertiary/aromatic N) is 1. The van der Waals surface area contributed by atoms with Crippen molar-refractivity contribution in [3.63, 3.8) is 0 Å². The van der Waals surface area contributed by atoms with E-state index < -0.39 is 5.97 Å². The van der Waals surface area contributed by atoms with Gasteiger partial charge in [-0.1, -0.05) is 0 Å². The van der Waals surface area contributed by atoms with E-state index in [1.165, 1.54) is 7.11 Å². The molecule has 19 heavy (non-hydrogen) atoms. The second kappa shape index (κ2) is 5.84. The van der Waals surface area contributed by atoms with Gasteiger partial charge in [-0.25, -0.2) is 4.79 Å². The summed E-state index contributed by atoms with van der Waals surface area (Å²) in [6.45, 7) is 1.49. The van der Waals surface area contributed by atoms with Gasteiger partial charge >= 0.3 is 5.97 Å². The summed E-state index contributed by atoms with van der Waals surface area (Å²) >= 11 is 0. The maximum absolute atomic E-state index is 11.5. The molecule has 0 aromatic heterocycles. The van der Waals surface area contributed by atoms with Crippen LogP contribution < -0.4 is 4.90 Å². The second-order valence-electron chi connectivity index (χ2n) is 4.60. The van der Waals surface area contributed by atoms with Crippen LogP contribution in [0.15, 0.2) is 18.2 Å². The van der Waals surface area contributed by atoms with Gasteiger partial charge in [-0.3, -0.25) is 4.79 Å². The number of ether oxygens (including phenoxy) is 1. The number of hydrogen-bond donors (Lipinski definition) is 1. The second-order valence-corrected chi connectivity index (χ2v) is 4.60. The fourth-order valence-corrected chi connectivity index (χ4v) is 2.26. The maximum atomic E-state index is 11.5. The highest BCUT2D eigenvalue weighted by Crippen LogP contribution is 2.23. The van der Waals surface area contributed by atoms with Crippen LogP contribution in [-0.4, -0.2) is 43.7 Å². The summed E-state index contributed by atoms with van der Waals surface area (Å²) in [5, 5.41) is 9.48. The van der Waals surface area contributed by atoms with Crippen molar-refractivity contribution in [1.82, 2.24) is 0 Å². The summed E-state index contributed by atoms with van der Waals surface area (Å²) in [7, 11) is 1.29. The normalized spacial score (nSPS) is 16.2. The molecule has 0 spiro atoms. The Kier molecular flexibility index (Phi) is 4.16. The molecule has 102 valence electrons. The first-order valence-corrected chi connectivity index (χ1v) is 6.26. The standard InChI is InChI=1S/C14H17NO4/c1-19-14(18)13-3-2-11(8-10(13)9-16)15-6-4-12(17)5-7-15/h2-3,8-9,12,17H,4-7H2,1H3. The van der Waals surface area contributed by atoms with Gasteiger partial charge in [0.15, 0.2) is 6.29 Å². The van der Waals surface area contributed by atoms with Crippen molar-refractivity contribution in [2.24, 2.45) is 0 Å². The molecule has 2 rings (SSSR count). The number of aldehydes is 1. The molecular formula is C14H17NO4. The highest BCUT2D eigenvalue weighted by Gasteiger charge is 2.19. The van der Waals surface area contributed by atoms with Crippen LogP contribution >= 0.6 is 0 Å². The van der Waals surface area contributed by atoms with Gasteiger partial charge < -0.3 is 14.7 Å². The van der Waals surface area contributed by atoms with E-state index >= 15 is 0 Å². The molecule has 5 heteroatoms. The lowest BCUT2D eigenvalue weighted by Gasteiger charge is -2.31. The van der Waals surface area contributed by atoms with Gasteiger partial charge in [0.1, 0.15) is 0 Å². The van der Waals surface area contributed by atoms with Crippen LogP contribution in [0.2, 0.25) is 0 Å². The number of carbonyl (C=O) groups excluding carboxylic acids is 2. The predicted octanol–water partition coefficient (Wildman–Crippen LogP) is 1.25. The number of hydrogen-bond acceptors (Lipinski definition) is 5. The molecule has 5 nitrogen and oxygen atoms in total. The number of esters is 1. The Morgan fingerprint density at radius 1 is 1.42 bits per heavy atom. The fourth-order valence-electron chi connectivity index (χ4n) is 2.26. The van der Waals surface area contributed by atoms with E-state index in [0.29, 0.717) is 11.8 Å². The molecule has 0 amide bonds. The van der Waals surface area contributed by atoms with Crippen LogP contribution in [0.25, 0.3) is 0 Å². The molecule has 1 N–H and O–H groups in total. The average Bonchev–Trinajstić information content (AvgIpc) is 2.46. The van der Waals surface area contributed by atoms with E-state index in [2.05, 4.69) is 9.64 Å². The van der Waals surface area contributed by atoms with E-state index in [1.54, 1.807) is 18.2 Å². The van der Waals surface area contributed by atoms with Gasteiger partial charge in [0, 0.05) is 24.3 Å². The molecule has 1 saturated heterocycles. The minimum absolute atomic E-state index is 0.240. The largest absolute Gasteiger partial charge is 0.465 e. The number of benzene rings is 1. The Labute approximate surface area is 111 Å². The van der Waals surface area contributed by atoms with Crippen molar-refractivity contribution in [2.75, 3.05) is 25.1 Å². The summed E-state index contributed by atoms with van der Waals surface area (Å²) in [5.41, 5.74) is 1.50. The molecule has 1 aliphatic heterocycles. The van der Waals surface area contributed by atoms with Crippen LogP contribution in [-0.2, 0) is 4.74 Å². The third kappa shape index (κ3) is 2.93. The van der Waals surface area contributed by atoms with Crippen molar-refractivity contribution < 1.29 is 19.4 Å². The van der Waals surface area contributed by atoms with Gasteiger partial charge in [-0.2, -0.15) is 0 Å². The Morgan fingerprint density at radius 2 is 2.11 bits per heavy atom. The quantitative estimate of drug-likeness (QED) is 0.656. The molecular weight excluding hydrogens is 246 g/mol. The van der Waals surface area contributed by atoms with Crippen LogP contribution in [0, 0.1) is 0 Å². The Hall–Kier alpha value is -1.88. The van der Waals surface area contributed by atoms with Gasteiger partial charge in [-0.15, -0.1) is 0 Å². The highest BCUT2D eigenvalue weighted by atomic mass is 16.5. The summed E-state index contributed by atoms with van der Waals surface area (Å²) in [5.74, 6) is -0.511. The van der Waals surface area contributed by atoms with E-state index in [9.17, 15) is 14.7 Å². The number of piperidine rings is 1. The SMILES string of the molecule is COC(=O)c1ccc(N2CCC(O)CC2)cc1C=O. The summed E-state index contributed by atoms with van der Waals surface area (Å²) in [4.78, 5) is 24.7. The zero-order chi connectivity index (χ0) is 13.8. The van der Waals surface area contributed by atoms with Crippen molar-refractivity contribution >= 4 is 17.9 Å². The van der Waals surface area contributed by atoms with Crippen LogP contribution in [0.4, 0.5) is 5.69 Å². The molecule has 0 saturated carbocycles. The molecule has 1 fully saturated rings. The fraction of sp³-hybridized carbons (Fsp3) is 0.429. The Balaban J connectivity index is 2.24. The van der Waals surface area contributed by atoms with Gasteiger partial charge in [0.2, 0.25) is 0 Å². The van der Waals surface area contributed by atoms with Crippen molar-refractivity contribution in [3.8, 4) is 0 Å². The van der Waals surface area contributed by atoms with E-state index in [-0.39, 0.29) is 11.7 Å². The first kappa shape index (κ1) is 13.5. The number of aliphatic hydroxyl groups excluding tert-OH is 1. The molecule has 0 atom stereocenters. The lowest BCUT2D eigenvalue weighted by atomic mass is 10.0. The predicted molar refractivity (Wildman–Crippen MR) is 70.6 cm³/mol. The Morgan fingerprint density at radius 3 is 2.68 bits per heavy atom. The first-order valence-electron chi connectivity index (χ1n) is 6.26. The first-order chi connectivity index (χ1) is 9.15. The third-order valence-corrected chi connectivity index (χ3v) is 3.40. The summed E-state index contributed by atoms with van der Waals surface area (Å²) in [6, 6.07) is 5.10. The van der Waals surface area contributed by atoms with Crippen LogP contribution in [0.5, 0.6) is 0 Å². The molecule has 0 unspecified atom stereocenters. The minimum atomic E-state index is -0.511. The molecule has 0 radical (unpaired) electrons. The van der Waals surface area contributed by atoms with E-state index in [4.69, 9.17) is 0 Å². The molecule has 1 aliphatic rings. The van der Waals surface area contributed by atoms with Gasteiger partial charge in [-0.05, 0) is 31.0 Å².